The van der Waals surface area contributed by atoms with Crippen molar-refractivity contribution in [1.29, 1.82) is 0 Å². The number of carbonyl (C=O) groups is 4. The van der Waals surface area contributed by atoms with E-state index in [1.54, 1.807) is 0 Å². The number of rotatable bonds is 2. The minimum absolute atomic E-state index is 0.206. The van der Waals surface area contributed by atoms with E-state index in [1.807, 2.05) is 0 Å². The second kappa shape index (κ2) is 3.19. The fourth-order valence-electron chi connectivity index (χ4n) is 2.33. The van der Waals surface area contributed by atoms with Gasteiger partial charge in [-0.25, -0.2) is 0 Å². The Labute approximate surface area is 96.1 Å². The molecule has 4 amide bonds. The zero-order chi connectivity index (χ0) is 12.8. The predicted octanol–water partition coefficient (Wildman–Crippen LogP) is -3.42. The summed E-state index contributed by atoms with van der Waals surface area (Å²) in [5.41, 5.74) is 7.24. The number of nitrogens with two attached hydrogens (primary N) is 2. The van der Waals surface area contributed by atoms with Crippen molar-refractivity contribution in [3.05, 3.63) is 0 Å². The van der Waals surface area contributed by atoms with E-state index in [4.69, 9.17) is 11.5 Å². The molecule has 0 saturated carbocycles. The standard InChI is InChI=1S/C9H12N4O4/c10-4(14)8-1-9(5(11)15,3-13-6(8)16)7(17)12-2-8/h1-3H2,(H2,10,14)(H2,11,15)(H,12,17)(H,13,16). The van der Waals surface area contributed by atoms with Gasteiger partial charge in [-0.2, -0.15) is 0 Å². The van der Waals surface area contributed by atoms with Gasteiger partial charge < -0.3 is 22.1 Å². The van der Waals surface area contributed by atoms with Crippen LogP contribution in [0, 0.1) is 10.8 Å². The molecule has 0 aliphatic carbocycles. The molecule has 2 rings (SSSR count). The van der Waals surface area contributed by atoms with E-state index in [1.165, 1.54) is 0 Å². The molecule has 6 N–H and O–H groups in total. The van der Waals surface area contributed by atoms with Gasteiger partial charge in [0.25, 0.3) is 0 Å². The predicted molar refractivity (Wildman–Crippen MR) is 53.9 cm³/mol. The quantitative estimate of drug-likeness (QED) is 0.372. The minimum Gasteiger partial charge on any atom is -0.369 e. The lowest BCUT2D eigenvalue weighted by molar-refractivity contribution is -0.161. The summed E-state index contributed by atoms with van der Waals surface area (Å²) in [6.45, 7) is -0.413. The van der Waals surface area contributed by atoms with Gasteiger partial charge in [-0.15, -0.1) is 0 Å². The molecule has 2 saturated heterocycles. The lowest BCUT2D eigenvalue weighted by Gasteiger charge is -2.46. The monoisotopic (exact) mass is 240 g/mol. The molecule has 2 heterocycles. The number of primary amides is 2. The van der Waals surface area contributed by atoms with Crippen molar-refractivity contribution in [3.8, 4) is 0 Å². The highest BCUT2D eigenvalue weighted by molar-refractivity contribution is 6.13. The molecule has 0 aromatic heterocycles. The summed E-state index contributed by atoms with van der Waals surface area (Å²) in [5.74, 6) is -2.91. The SMILES string of the molecule is NC(=O)C12CNC(=O)C(C(N)=O)(CNC1=O)C2. The van der Waals surface area contributed by atoms with Crippen LogP contribution >= 0.6 is 0 Å². The fourth-order valence-corrected chi connectivity index (χ4v) is 2.33. The second-order valence-corrected chi connectivity index (χ2v) is 4.43. The number of piperidine rings is 2. The Morgan fingerprint density at radius 3 is 1.59 bits per heavy atom. The zero-order valence-corrected chi connectivity index (χ0v) is 8.91. The Morgan fingerprint density at radius 2 is 1.29 bits per heavy atom. The van der Waals surface area contributed by atoms with Crippen LogP contribution in [0.15, 0.2) is 0 Å². The first-order chi connectivity index (χ1) is 7.85. The van der Waals surface area contributed by atoms with Crippen LogP contribution < -0.4 is 22.1 Å². The van der Waals surface area contributed by atoms with Gasteiger partial charge >= 0.3 is 0 Å². The third-order valence-corrected chi connectivity index (χ3v) is 3.52. The third-order valence-electron chi connectivity index (χ3n) is 3.52. The van der Waals surface area contributed by atoms with Crippen molar-refractivity contribution in [3.63, 3.8) is 0 Å². The van der Waals surface area contributed by atoms with Crippen LogP contribution in [0.2, 0.25) is 0 Å². The van der Waals surface area contributed by atoms with Gasteiger partial charge in [-0.05, 0) is 6.42 Å². The van der Waals surface area contributed by atoms with Gasteiger partial charge in [0, 0.05) is 13.1 Å². The summed E-state index contributed by atoms with van der Waals surface area (Å²) >= 11 is 0. The van der Waals surface area contributed by atoms with E-state index < -0.39 is 34.5 Å². The summed E-state index contributed by atoms with van der Waals surface area (Å²) in [4.78, 5) is 46.3. The molecule has 0 spiro atoms. The van der Waals surface area contributed by atoms with Gasteiger partial charge in [-0.3, -0.25) is 19.2 Å². The summed E-state index contributed by atoms with van der Waals surface area (Å²) < 4.78 is 0. The number of carbonyl (C=O) groups excluding carboxylic acids is 4. The Hall–Kier alpha value is -2.12. The van der Waals surface area contributed by atoms with Crippen LogP contribution in [0.1, 0.15) is 6.42 Å². The topological polar surface area (TPSA) is 144 Å². The van der Waals surface area contributed by atoms with Crippen molar-refractivity contribution < 1.29 is 19.2 Å². The maximum atomic E-state index is 11.7. The highest BCUT2D eigenvalue weighted by Crippen LogP contribution is 2.41. The summed E-state index contributed by atoms with van der Waals surface area (Å²) in [6.07, 6.45) is -0.262. The van der Waals surface area contributed by atoms with E-state index in [0.717, 1.165) is 0 Å². The molecule has 8 nitrogen and oxygen atoms in total. The lowest BCUT2D eigenvalue weighted by Crippen LogP contribution is -2.73. The van der Waals surface area contributed by atoms with Crippen molar-refractivity contribution in [2.24, 2.45) is 22.3 Å². The number of nitrogens with one attached hydrogen (secondary N) is 2. The number of hydrogen-bond donors (Lipinski definition) is 4. The van der Waals surface area contributed by atoms with Crippen LogP contribution in [0.3, 0.4) is 0 Å². The maximum absolute atomic E-state index is 11.7. The van der Waals surface area contributed by atoms with Crippen LogP contribution in [-0.4, -0.2) is 36.7 Å². The molecule has 2 atom stereocenters. The first-order valence-electron chi connectivity index (χ1n) is 5.02. The molecule has 0 aromatic carbocycles. The first-order valence-corrected chi connectivity index (χ1v) is 5.02. The molecule has 17 heavy (non-hydrogen) atoms. The first kappa shape index (κ1) is 11.4. The molecule has 92 valence electrons. The Morgan fingerprint density at radius 1 is 0.941 bits per heavy atom. The number of amides is 4. The molecule has 8 heteroatoms. The zero-order valence-electron chi connectivity index (χ0n) is 8.91. The summed E-state index contributed by atoms with van der Waals surface area (Å²) in [6, 6.07) is 0. The third kappa shape index (κ3) is 1.23. The van der Waals surface area contributed by atoms with Crippen LogP contribution in [0.5, 0.6) is 0 Å². The Kier molecular flexibility index (Phi) is 2.13. The van der Waals surface area contributed by atoms with Gasteiger partial charge in [0.2, 0.25) is 23.6 Å². The molecule has 2 aliphatic heterocycles. The van der Waals surface area contributed by atoms with Crippen molar-refractivity contribution in [1.82, 2.24) is 10.6 Å². The number of fused-ring (bicyclic) bond motifs is 2. The average molecular weight is 240 g/mol. The minimum atomic E-state index is -1.58. The van der Waals surface area contributed by atoms with E-state index >= 15 is 0 Å². The van der Waals surface area contributed by atoms with Crippen molar-refractivity contribution >= 4 is 23.6 Å². The largest absolute Gasteiger partial charge is 0.369 e. The molecular weight excluding hydrogens is 228 g/mol. The molecular formula is C9H12N4O4. The molecule has 0 radical (unpaired) electrons. The van der Waals surface area contributed by atoms with Gasteiger partial charge in [0.15, 0.2) is 0 Å². The van der Waals surface area contributed by atoms with Gasteiger partial charge in [-0.1, -0.05) is 0 Å². The van der Waals surface area contributed by atoms with Crippen molar-refractivity contribution in [2.75, 3.05) is 13.1 Å². The highest BCUT2D eigenvalue weighted by atomic mass is 16.2. The van der Waals surface area contributed by atoms with Crippen LogP contribution in [0.4, 0.5) is 0 Å². The Bertz CT molecular complexity index is 408. The average Bonchev–Trinajstić information content (AvgIpc) is 2.27. The van der Waals surface area contributed by atoms with Crippen LogP contribution in [0.25, 0.3) is 0 Å². The summed E-state index contributed by atoms with van der Waals surface area (Å²) in [5, 5.41) is 4.71. The number of hydrogen-bond acceptors (Lipinski definition) is 4. The maximum Gasteiger partial charge on any atom is 0.237 e. The molecule has 2 fully saturated rings. The molecule has 2 unspecified atom stereocenters. The molecule has 2 bridgehead atoms. The highest BCUT2D eigenvalue weighted by Gasteiger charge is 2.63. The van der Waals surface area contributed by atoms with E-state index in [2.05, 4.69) is 10.6 Å². The smallest absolute Gasteiger partial charge is 0.237 e. The van der Waals surface area contributed by atoms with Gasteiger partial charge in [0.1, 0.15) is 10.8 Å². The summed E-state index contributed by atoms with van der Waals surface area (Å²) in [7, 11) is 0. The molecule has 2 aliphatic rings. The van der Waals surface area contributed by atoms with Gasteiger partial charge in [0.05, 0.1) is 0 Å². The van der Waals surface area contributed by atoms with Crippen LogP contribution in [-0.2, 0) is 19.2 Å². The lowest BCUT2D eigenvalue weighted by atomic mass is 9.63. The van der Waals surface area contributed by atoms with Crippen molar-refractivity contribution in [2.45, 2.75) is 6.42 Å². The van der Waals surface area contributed by atoms with E-state index in [0.29, 0.717) is 0 Å². The van der Waals surface area contributed by atoms with E-state index in [-0.39, 0.29) is 19.5 Å². The fraction of sp³-hybridized carbons (Fsp3) is 0.556. The molecule has 0 aromatic rings. The Balaban J connectivity index is 2.51. The normalized spacial score (nSPS) is 35.8. The second-order valence-electron chi connectivity index (χ2n) is 4.43. The van der Waals surface area contributed by atoms with E-state index in [9.17, 15) is 19.2 Å².